The minimum absolute atomic E-state index is 0.0616. The SMILES string of the molecule is CCC(CO)(CCCN1CCCC1)NC(C)C. The third kappa shape index (κ3) is 4.94. The number of hydrogen-bond acceptors (Lipinski definition) is 3. The van der Waals surface area contributed by atoms with Crippen LogP contribution in [0.3, 0.4) is 0 Å². The second kappa shape index (κ2) is 7.34. The first-order chi connectivity index (χ1) is 8.12. The van der Waals surface area contributed by atoms with Gasteiger partial charge in [-0.15, -0.1) is 0 Å². The number of nitrogens with one attached hydrogen (secondary N) is 1. The first kappa shape index (κ1) is 14.9. The lowest BCUT2D eigenvalue weighted by atomic mass is 9.90. The van der Waals surface area contributed by atoms with Crippen LogP contribution in [-0.4, -0.2) is 47.8 Å². The van der Waals surface area contributed by atoms with E-state index in [1.165, 1.54) is 38.9 Å². The smallest absolute Gasteiger partial charge is 0.0613 e. The van der Waals surface area contributed by atoms with Gasteiger partial charge in [0.05, 0.1) is 6.61 Å². The Labute approximate surface area is 107 Å². The average Bonchev–Trinajstić information content (AvgIpc) is 2.80. The molecule has 1 atom stereocenters. The number of aliphatic hydroxyl groups excluding tert-OH is 1. The second-order valence-corrected chi connectivity index (χ2v) is 5.74. The van der Waals surface area contributed by atoms with Gasteiger partial charge in [0, 0.05) is 11.6 Å². The molecule has 0 spiro atoms. The summed E-state index contributed by atoms with van der Waals surface area (Å²) in [5.74, 6) is 0. The summed E-state index contributed by atoms with van der Waals surface area (Å²) in [6.07, 6.45) is 6.00. The van der Waals surface area contributed by atoms with Gasteiger partial charge >= 0.3 is 0 Å². The maximum Gasteiger partial charge on any atom is 0.0613 e. The lowest BCUT2D eigenvalue weighted by Gasteiger charge is -2.35. The molecule has 1 fully saturated rings. The van der Waals surface area contributed by atoms with Gasteiger partial charge in [0.1, 0.15) is 0 Å². The molecule has 1 rings (SSSR count). The van der Waals surface area contributed by atoms with Gasteiger partial charge in [-0.05, 0) is 51.7 Å². The molecule has 1 saturated heterocycles. The average molecular weight is 242 g/mol. The molecule has 2 N–H and O–H groups in total. The van der Waals surface area contributed by atoms with Crippen molar-refractivity contribution < 1.29 is 5.11 Å². The van der Waals surface area contributed by atoms with Crippen LogP contribution in [-0.2, 0) is 0 Å². The number of likely N-dealkylation sites (tertiary alicyclic amines) is 1. The van der Waals surface area contributed by atoms with Crippen molar-refractivity contribution in [3.63, 3.8) is 0 Å². The topological polar surface area (TPSA) is 35.5 Å². The van der Waals surface area contributed by atoms with E-state index in [4.69, 9.17) is 0 Å². The normalized spacial score (nSPS) is 21.0. The van der Waals surface area contributed by atoms with E-state index in [1.54, 1.807) is 0 Å². The quantitative estimate of drug-likeness (QED) is 0.683. The van der Waals surface area contributed by atoms with Crippen LogP contribution in [0.1, 0.15) is 52.9 Å². The summed E-state index contributed by atoms with van der Waals surface area (Å²) < 4.78 is 0. The van der Waals surface area contributed by atoms with Crippen LogP contribution in [0, 0.1) is 0 Å². The summed E-state index contributed by atoms with van der Waals surface area (Å²) in [6.45, 7) is 10.5. The molecule has 0 aromatic rings. The molecular weight excluding hydrogens is 212 g/mol. The van der Waals surface area contributed by atoms with E-state index >= 15 is 0 Å². The molecule has 3 nitrogen and oxygen atoms in total. The molecule has 17 heavy (non-hydrogen) atoms. The summed E-state index contributed by atoms with van der Waals surface area (Å²) in [7, 11) is 0. The lowest BCUT2D eigenvalue weighted by molar-refractivity contribution is 0.131. The zero-order valence-electron chi connectivity index (χ0n) is 11.8. The predicted octanol–water partition coefficient (Wildman–Crippen LogP) is 2.00. The van der Waals surface area contributed by atoms with Crippen molar-refractivity contribution in [1.29, 1.82) is 0 Å². The third-order valence-electron chi connectivity index (χ3n) is 3.90. The molecule has 1 aliphatic rings. The number of rotatable bonds is 8. The summed E-state index contributed by atoms with van der Waals surface area (Å²) in [5, 5.41) is 13.2. The Balaban J connectivity index is 2.32. The van der Waals surface area contributed by atoms with Crippen LogP contribution in [0.4, 0.5) is 0 Å². The molecular formula is C14H30N2O. The Hall–Kier alpha value is -0.120. The Morgan fingerprint density at radius 2 is 1.94 bits per heavy atom. The highest BCUT2D eigenvalue weighted by Crippen LogP contribution is 2.19. The molecule has 0 aliphatic carbocycles. The van der Waals surface area contributed by atoms with E-state index in [0.717, 1.165) is 12.8 Å². The van der Waals surface area contributed by atoms with Gasteiger partial charge < -0.3 is 15.3 Å². The lowest BCUT2D eigenvalue weighted by Crippen LogP contribution is -2.51. The first-order valence-electron chi connectivity index (χ1n) is 7.23. The largest absolute Gasteiger partial charge is 0.394 e. The van der Waals surface area contributed by atoms with Gasteiger partial charge in [0.15, 0.2) is 0 Å². The van der Waals surface area contributed by atoms with E-state index in [2.05, 4.69) is 31.0 Å². The van der Waals surface area contributed by atoms with Crippen LogP contribution >= 0.6 is 0 Å². The van der Waals surface area contributed by atoms with Crippen molar-refractivity contribution in [2.45, 2.75) is 64.5 Å². The maximum atomic E-state index is 9.64. The van der Waals surface area contributed by atoms with E-state index in [0.29, 0.717) is 6.04 Å². The molecule has 1 heterocycles. The van der Waals surface area contributed by atoms with Crippen LogP contribution in [0.15, 0.2) is 0 Å². The first-order valence-corrected chi connectivity index (χ1v) is 7.23. The second-order valence-electron chi connectivity index (χ2n) is 5.74. The zero-order valence-corrected chi connectivity index (χ0v) is 11.8. The number of aliphatic hydroxyl groups is 1. The van der Waals surface area contributed by atoms with Crippen LogP contribution in [0.2, 0.25) is 0 Å². The van der Waals surface area contributed by atoms with Gasteiger partial charge in [-0.1, -0.05) is 20.8 Å². The molecule has 102 valence electrons. The minimum atomic E-state index is -0.0616. The summed E-state index contributed by atoms with van der Waals surface area (Å²) in [6, 6.07) is 0.439. The van der Waals surface area contributed by atoms with Crippen molar-refractivity contribution in [2.24, 2.45) is 0 Å². The maximum absolute atomic E-state index is 9.64. The van der Waals surface area contributed by atoms with E-state index in [-0.39, 0.29) is 12.1 Å². The highest BCUT2D eigenvalue weighted by molar-refractivity contribution is 4.87. The monoisotopic (exact) mass is 242 g/mol. The van der Waals surface area contributed by atoms with Gasteiger partial charge in [0.2, 0.25) is 0 Å². The fourth-order valence-electron chi connectivity index (χ4n) is 2.85. The summed E-state index contributed by atoms with van der Waals surface area (Å²) in [5.41, 5.74) is -0.0616. The number of hydrogen-bond donors (Lipinski definition) is 2. The molecule has 0 bridgehead atoms. The molecule has 3 heteroatoms. The van der Waals surface area contributed by atoms with E-state index < -0.39 is 0 Å². The van der Waals surface area contributed by atoms with Crippen molar-refractivity contribution in [2.75, 3.05) is 26.2 Å². The van der Waals surface area contributed by atoms with Gasteiger partial charge in [-0.2, -0.15) is 0 Å². The van der Waals surface area contributed by atoms with Crippen molar-refractivity contribution in [3.05, 3.63) is 0 Å². The van der Waals surface area contributed by atoms with Crippen molar-refractivity contribution >= 4 is 0 Å². The number of nitrogens with zero attached hydrogens (tertiary/aromatic N) is 1. The highest BCUT2D eigenvalue weighted by atomic mass is 16.3. The Bertz CT molecular complexity index is 196. The summed E-state index contributed by atoms with van der Waals surface area (Å²) in [4.78, 5) is 2.55. The Kier molecular flexibility index (Phi) is 6.45. The van der Waals surface area contributed by atoms with E-state index in [1.807, 2.05) is 0 Å². The van der Waals surface area contributed by atoms with Gasteiger partial charge in [0.25, 0.3) is 0 Å². The van der Waals surface area contributed by atoms with Crippen molar-refractivity contribution in [1.82, 2.24) is 10.2 Å². The third-order valence-corrected chi connectivity index (χ3v) is 3.90. The minimum Gasteiger partial charge on any atom is -0.394 e. The Morgan fingerprint density at radius 1 is 1.29 bits per heavy atom. The van der Waals surface area contributed by atoms with Gasteiger partial charge in [-0.25, -0.2) is 0 Å². The molecule has 1 unspecified atom stereocenters. The predicted molar refractivity (Wildman–Crippen MR) is 73.3 cm³/mol. The van der Waals surface area contributed by atoms with Crippen LogP contribution in [0.5, 0.6) is 0 Å². The molecule has 0 amide bonds. The fourth-order valence-corrected chi connectivity index (χ4v) is 2.85. The Morgan fingerprint density at radius 3 is 2.41 bits per heavy atom. The molecule has 0 saturated carbocycles. The molecule has 0 aromatic carbocycles. The highest BCUT2D eigenvalue weighted by Gasteiger charge is 2.27. The zero-order chi connectivity index (χ0) is 12.7. The van der Waals surface area contributed by atoms with Crippen LogP contribution in [0.25, 0.3) is 0 Å². The van der Waals surface area contributed by atoms with Gasteiger partial charge in [-0.3, -0.25) is 0 Å². The fraction of sp³-hybridized carbons (Fsp3) is 1.00. The standard InChI is InChI=1S/C14H30N2O/c1-4-14(12-17,15-13(2)3)8-7-11-16-9-5-6-10-16/h13,15,17H,4-12H2,1-3H3. The van der Waals surface area contributed by atoms with Crippen molar-refractivity contribution in [3.8, 4) is 0 Å². The molecule has 0 aromatic heterocycles. The van der Waals surface area contributed by atoms with E-state index in [9.17, 15) is 5.11 Å². The van der Waals surface area contributed by atoms with Crippen LogP contribution < -0.4 is 5.32 Å². The molecule has 0 radical (unpaired) electrons. The summed E-state index contributed by atoms with van der Waals surface area (Å²) >= 11 is 0. The molecule has 1 aliphatic heterocycles.